The molecule has 0 fully saturated rings. The number of allylic oxidation sites excluding steroid dienone is 2. The molecule has 0 N–H and O–H groups in total. The van der Waals surface area contributed by atoms with E-state index in [0.717, 1.165) is 34.4 Å². The molecule has 4 aromatic carbocycles. The van der Waals surface area contributed by atoms with Crippen LogP contribution in [0.2, 0.25) is 0 Å². The maximum atomic E-state index is 14.0. The third-order valence-electron chi connectivity index (χ3n) is 7.52. The van der Waals surface area contributed by atoms with Crippen molar-refractivity contribution in [1.82, 2.24) is 0 Å². The van der Waals surface area contributed by atoms with Crippen molar-refractivity contribution in [3.8, 4) is 45.5 Å². The van der Waals surface area contributed by atoms with Gasteiger partial charge in [0.25, 0.3) is 11.4 Å². The topological polar surface area (TPSA) is 56.3 Å². The zero-order valence-electron chi connectivity index (χ0n) is 21.7. The van der Waals surface area contributed by atoms with Crippen LogP contribution < -0.4 is 0 Å². The van der Waals surface area contributed by atoms with E-state index in [0.29, 0.717) is 44.5 Å². The SMILES string of the molecule is [C-]#[N+]/C(C#N)=C1/c2cc(-c3ccc(F)c(C(F)(F)F)c3)ccc2-c2cc3c(cc21)/C(=C(\C#N)[N+]#[C-])c1cc(C)ccc1-3. The van der Waals surface area contributed by atoms with Gasteiger partial charge >= 0.3 is 6.18 Å². The second-order valence-electron chi connectivity index (χ2n) is 9.84. The first-order valence-corrected chi connectivity index (χ1v) is 12.5. The Balaban J connectivity index is 1.64. The second-order valence-corrected chi connectivity index (χ2v) is 9.84. The smallest absolute Gasteiger partial charge is 0.226 e. The van der Waals surface area contributed by atoms with Gasteiger partial charge in [-0.3, -0.25) is 0 Å². The molecule has 4 nitrogen and oxygen atoms in total. The molecule has 0 amide bonds. The summed E-state index contributed by atoms with van der Waals surface area (Å²) in [5, 5.41) is 19.7. The molecule has 42 heavy (non-hydrogen) atoms. The molecule has 198 valence electrons. The van der Waals surface area contributed by atoms with Crippen molar-refractivity contribution in [2.75, 3.05) is 0 Å². The minimum Gasteiger partial charge on any atom is -0.226 e. The Morgan fingerprint density at radius 2 is 1.12 bits per heavy atom. The molecule has 0 saturated heterocycles. The molecule has 8 heteroatoms. The molecular weight excluding hydrogens is 540 g/mol. The highest BCUT2D eigenvalue weighted by atomic mass is 19.4. The number of hydrogen-bond donors (Lipinski definition) is 0. The van der Waals surface area contributed by atoms with Crippen LogP contribution in [0.25, 0.3) is 54.2 Å². The van der Waals surface area contributed by atoms with Crippen molar-refractivity contribution >= 4 is 11.1 Å². The lowest BCUT2D eigenvalue weighted by Crippen LogP contribution is -2.08. The molecule has 0 radical (unpaired) electrons. The Hall–Kier alpha value is -5.96. The normalized spacial score (nSPS) is 14.8. The Kier molecular flexibility index (Phi) is 5.82. The number of fused-ring (bicyclic) bond motifs is 6. The highest BCUT2D eigenvalue weighted by molar-refractivity contribution is 6.11. The van der Waals surface area contributed by atoms with E-state index in [1.54, 1.807) is 24.3 Å². The minimum absolute atomic E-state index is 0.0914. The molecule has 0 atom stereocenters. The maximum absolute atomic E-state index is 14.0. The number of rotatable bonds is 1. The van der Waals surface area contributed by atoms with Gasteiger partial charge in [0, 0.05) is 11.1 Å². The predicted molar refractivity (Wildman–Crippen MR) is 149 cm³/mol. The fourth-order valence-electron chi connectivity index (χ4n) is 5.72. The van der Waals surface area contributed by atoms with Crippen LogP contribution in [0.3, 0.4) is 0 Å². The number of hydrogen-bond acceptors (Lipinski definition) is 2. The summed E-state index contributed by atoms with van der Waals surface area (Å²) >= 11 is 0. The standard InChI is InChI=1S/C34H14F4N4/c1-17-4-7-20-22-13-23-21-8-5-18(19-6-9-29(35)28(12-19)34(36,37)38)11-25(21)33(31(16-40)42-3)27(23)14-26(22)32(24(20)10-17)30(15-39)41-2/h4-14H,1H3/b32-30+,33-31-. The second kappa shape index (κ2) is 9.31. The van der Waals surface area contributed by atoms with E-state index in [2.05, 4.69) is 9.69 Å². The summed E-state index contributed by atoms with van der Waals surface area (Å²) in [4.78, 5) is 6.90. The van der Waals surface area contributed by atoms with Gasteiger partial charge in [0.1, 0.15) is 5.82 Å². The van der Waals surface area contributed by atoms with E-state index in [1.807, 2.05) is 43.3 Å². The van der Waals surface area contributed by atoms with Gasteiger partial charge in [0.05, 0.1) is 30.8 Å². The number of alkyl halides is 3. The number of nitriles is 2. The van der Waals surface area contributed by atoms with Gasteiger partial charge in [-0.05, 0) is 92.9 Å². The summed E-state index contributed by atoms with van der Waals surface area (Å²) in [6, 6.07) is 21.0. The number of aryl methyl sites for hydroxylation is 1. The summed E-state index contributed by atoms with van der Waals surface area (Å²) in [6.07, 6.45) is -4.88. The Bertz CT molecular complexity index is 2110. The fraction of sp³-hybridized carbons (Fsp3) is 0.0588. The summed E-state index contributed by atoms with van der Waals surface area (Å²) in [7, 11) is 0. The van der Waals surface area contributed by atoms with Crippen molar-refractivity contribution < 1.29 is 17.6 Å². The first kappa shape index (κ1) is 26.3. The molecule has 0 aromatic heterocycles. The minimum atomic E-state index is -4.88. The Labute approximate surface area is 238 Å². The summed E-state index contributed by atoms with van der Waals surface area (Å²) in [5.74, 6) is -1.38. The van der Waals surface area contributed by atoms with Crippen LogP contribution in [0, 0.1) is 48.5 Å². The highest BCUT2D eigenvalue weighted by Gasteiger charge is 2.35. The van der Waals surface area contributed by atoms with Crippen LogP contribution in [0.4, 0.5) is 17.6 Å². The first-order chi connectivity index (χ1) is 20.1. The predicted octanol–water partition coefficient (Wildman–Crippen LogP) is 9.19. The summed E-state index contributed by atoms with van der Waals surface area (Å²) in [6.45, 7) is 17.2. The zero-order valence-corrected chi connectivity index (χ0v) is 21.7. The van der Waals surface area contributed by atoms with E-state index in [1.165, 1.54) is 6.07 Å². The van der Waals surface area contributed by atoms with E-state index < -0.39 is 17.6 Å². The van der Waals surface area contributed by atoms with Gasteiger partial charge in [-0.15, -0.1) is 0 Å². The molecule has 0 spiro atoms. The van der Waals surface area contributed by atoms with Gasteiger partial charge < -0.3 is 0 Å². The van der Waals surface area contributed by atoms with E-state index >= 15 is 0 Å². The highest BCUT2D eigenvalue weighted by Crippen LogP contribution is 2.54. The quantitative estimate of drug-likeness (QED) is 0.116. The van der Waals surface area contributed by atoms with E-state index in [4.69, 9.17) is 13.1 Å². The van der Waals surface area contributed by atoms with Gasteiger partial charge in [-0.2, -0.15) is 13.2 Å². The van der Waals surface area contributed by atoms with Crippen molar-refractivity contribution in [3.05, 3.63) is 140 Å². The van der Waals surface area contributed by atoms with Crippen LogP contribution in [-0.2, 0) is 6.18 Å². The van der Waals surface area contributed by atoms with Gasteiger partial charge in [-0.25, -0.2) is 24.6 Å². The molecule has 0 heterocycles. The zero-order chi connectivity index (χ0) is 29.9. The van der Waals surface area contributed by atoms with Crippen molar-refractivity contribution in [3.63, 3.8) is 0 Å². The third-order valence-corrected chi connectivity index (χ3v) is 7.52. The van der Waals surface area contributed by atoms with E-state index in [9.17, 15) is 28.1 Å². The van der Waals surface area contributed by atoms with Crippen LogP contribution in [0.15, 0.2) is 78.1 Å². The molecule has 4 aromatic rings. The largest absolute Gasteiger partial charge is 0.419 e. The van der Waals surface area contributed by atoms with Crippen molar-refractivity contribution in [1.29, 1.82) is 10.5 Å². The van der Waals surface area contributed by atoms with Gasteiger partial charge in [0.15, 0.2) is 0 Å². The molecule has 6 rings (SSSR count). The van der Waals surface area contributed by atoms with Crippen LogP contribution >= 0.6 is 0 Å². The molecule has 0 saturated carbocycles. The van der Waals surface area contributed by atoms with Gasteiger partial charge in [0.2, 0.25) is 0 Å². The number of nitrogens with zero attached hydrogens (tertiary/aromatic N) is 4. The molecule has 0 aliphatic heterocycles. The van der Waals surface area contributed by atoms with Crippen LogP contribution in [0.1, 0.15) is 33.4 Å². The van der Waals surface area contributed by atoms with Crippen molar-refractivity contribution in [2.24, 2.45) is 0 Å². The van der Waals surface area contributed by atoms with Crippen LogP contribution in [-0.4, -0.2) is 0 Å². The molecule has 2 aliphatic rings. The third kappa shape index (κ3) is 3.79. The maximum Gasteiger partial charge on any atom is 0.419 e. The average molecular weight is 555 g/mol. The lowest BCUT2D eigenvalue weighted by Gasteiger charge is -2.12. The molecule has 0 bridgehead atoms. The number of benzene rings is 4. The van der Waals surface area contributed by atoms with Crippen LogP contribution in [0.5, 0.6) is 0 Å². The average Bonchev–Trinajstić information content (AvgIpc) is 3.44. The Morgan fingerprint density at radius 3 is 1.67 bits per heavy atom. The lowest BCUT2D eigenvalue weighted by molar-refractivity contribution is -0.139. The van der Waals surface area contributed by atoms with Crippen molar-refractivity contribution in [2.45, 2.75) is 13.1 Å². The fourth-order valence-corrected chi connectivity index (χ4v) is 5.72. The first-order valence-electron chi connectivity index (χ1n) is 12.5. The molecule has 0 unspecified atom stereocenters. The molecule has 2 aliphatic carbocycles. The lowest BCUT2D eigenvalue weighted by atomic mass is 9.94. The van der Waals surface area contributed by atoms with Gasteiger partial charge in [-0.1, -0.05) is 42.0 Å². The Morgan fingerprint density at radius 1 is 0.643 bits per heavy atom. The number of halogens is 4. The summed E-state index contributed by atoms with van der Waals surface area (Å²) in [5.41, 5.74) is 5.81. The summed E-state index contributed by atoms with van der Waals surface area (Å²) < 4.78 is 54.3. The monoisotopic (exact) mass is 554 g/mol. The molecular formula is C34H14F4N4. The van der Waals surface area contributed by atoms with E-state index in [-0.39, 0.29) is 17.0 Å².